The summed E-state index contributed by atoms with van der Waals surface area (Å²) in [5.41, 5.74) is -1.48. The number of carbonyl (C=O) groups excluding carboxylic acids is 3. The van der Waals surface area contributed by atoms with Crippen LogP contribution in [0.25, 0.3) is 0 Å². The summed E-state index contributed by atoms with van der Waals surface area (Å²) < 4.78 is 4.91. The maximum atomic E-state index is 12.0. The minimum atomic E-state index is -1.48. The molecule has 2 atom stereocenters. The smallest absolute Gasteiger partial charge is 0.327 e. The van der Waals surface area contributed by atoms with E-state index in [0.29, 0.717) is 12.8 Å². The molecular formula is C13H17NO4. The molecule has 0 amide bonds. The molecule has 0 N–H and O–H groups in total. The Balaban J connectivity index is 3.11. The van der Waals surface area contributed by atoms with E-state index in [4.69, 9.17) is 4.74 Å². The van der Waals surface area contributed by atoms with Gasteiger partial charge in [-0.3, -0.25) is 9.59 Å². The molecule has 5 nitrogen and oxygen atoms in total. The standard InChI is InChI=1S/C13H17NO4/c1-3-18-12(17)13(8-14)6-4-5-11(16)10(13)7-9(2)15/h10H,3-7H2,1-2H3/t10-,13-/m1/s1. The summed E-state index contributed by atoms with van der Waals surface area (Å²) in [6, 6.07) is 1.94. The van der Waals surface area contributed by atoms with Gasteiger partial charge in [-0.05, 0) is 26.7 Å². The molecule has 0 unspecified atom stereocenters. The fourth-order valence-corrected chi connectivity index (χ4v) is 2.42. The van der Waals surface area contributed by atoms with Crippen LogP contribution in [0.3, 0.4) is 0 Å². The maximum Gasteiger partial charge on any atom is 0.327 e. The largest absolute Gasteiger partial charge is 0.465 e. The van der Waals surface area contributed by atoms with Crippen molar-refractivity contribution >= 4 is 17.5 Å². The molecule has 0 aromatic carbocycles. The van der Waals surface area contributed by atoms with Gasteiger partial charge in [0.2, 0.25) is 0 Å². The van der Waals surface area contributed by atoms with Gasteiger partial charge in [0, 0.05) is 12.8 Å². The van der Waals surface area contributed by atoms with Crippen LogP contribution in [0.4, 0.5) is 0 Å². The quantitative estimate of drug-likeness (QED) is 0.705. The van der Waals surface area contributed by atoms with Gasteiger partial charge in [0.05, 0.1) is 18.6 Å². The molecule has 0 heterocycles. The van der Waals surface area contributed by atoms with Gasteiger partial charge in [0.1, 0.15) is 11.6 Å². The van der Waals surface area contributed by atoms with Crippen LogP contribution in [0.5, 0.6) is 0 Å². The highest BCUT2D eigenvalue weighted by Gasteiger charge is 2.52. The number of rotatable bonds is 4. The Kier molecular flexibility index (Phi) is 4.60. The number of hydrogen-bond acceptors (Lipinski definition) is 5. The number of Topliss-reactive ketones (excluding diaryl/α,β-unsaturated/α-hetero) is 2. The van der Waals surface area contributed by atoms with Crippen LogP contribution in [0.15, 0.2) is 0 Å². The van der Waals surface area contributed by atoms with E-state index in [2.05, 4.69) is 0 Å². The van der Waals surface area contributed by atoms with Gasteiger partial charge in [-0.15, -0.1) is 0 Å². The molecule has 0 bridgehead atoms. The first-order chi connectivity index (χ1) is 8.47. The van der Waals surface area contributed by atoms with E-state index in [1.54, 1.807) is 6.92 Å². The van der Waals surface area contributed by atoms with Crippen molar-refractivity contribution in [3.8, 4) is 6.07 Å². The molecule has 98 valence electrons. The summed E-state index contributed by atoms with van der Waals surface area (Å²) in [5.74, 6) is -1.91. The molecule has 18 heavy (non-hydrogen) atoms. The third kappa shape index (κ3) is 2.58. The molecule has 0 spiro atoms. The highest BCUT2D eigenvalue weighted by atomic mass is 16.5. The number of carbonyl (C=O) groups is 3. The van der Waals surface area contributed by atoms with Gasteiger partial charge in [0.25, 0.3) is 0 Å². The lowest BCUT2D eigenvalue weighted by molar-refractivity contribution is -0.160. The molecule has 0 aliphatic heterocycles. The predicted octanol–water partition coefficient (Wildman–Crippen LogP) is 1.41. The van der Waals surface area contributed by atoms with Gasteiger partial charge in [0.15, 0.2) is 5.41 Å². The van der Waals surface area contributed by atoms with E-state index in [1.165, 1.54) is 6.92 Å². The van der Waals surface area contributed by atoms with Crippen molar-refractivity contribution < 1.29 is 19.1 Å². The number of ether oxygens (including phenoxy) is 1. The number of nitrogens with zero attached hydrogens (tertiary/aromatic N) is 1. The summed E-state index contributed by atoms with van der Waals surface area (Å²) in [6.07, 6.45) is 1.03. The average Bonchev–Trinajstić information content (AvgIpc) is 2.31. The van der Waals surface area contributed by atoms with E-state index in [1.807, 2.05) is 6.07 Å². The molecule has 0 aromatic rings. The molecule has 0 saturated heterocycles. The Morgan fingerprint density at radius 1 is 1.56 bits per heavy atom. The van der Waals surface area contributed by atoms with E-state index in [0.717, 1.165) is 0 Å². The zero-order valence-corrected chi connectivity index (χ0v) is 10.7. The predicted molar refractivity (Wildman–Crippen MR) is 62.3 cm³/mol. The fraction of sp³-hybridized carbons (Fsp3) is 0.692. The topological polar surface area (TPSA) is 84.2 Å². The van der Waals surface area contributed by atoms with Crippen LogP contribution >= 0.6 is 0 Å². The fourth-order valence-electron chi connectivity index (χ4n) is 2.42. The number of ketones is 2. The minimum Gasteiger partial charge on any atom is -0.465 e. The summed E-state index contributed by atoms with van der Waals surface area (Å²) in [6.45, 7) is 3.16. The van der Waals surface area contributed by atoms with Crippen LogP contribution in [0.2, 0.25) is 0 Å². The van der Waals surface area contributed by atoms with Crippen LogP contribution in [-0.2, 0) is 19.1 Å². The van der Waals surface area contributed by atoms with Gasteiger partial charge < -0.3 is 9.53 Å². The molecule has 1 rings (SSSR count). The highest BCUT2D eigenvalue weighted by Crippen LogP contribution is 2.42. The molecule has 1 aliphatic rings. The van der Waals surface area contributed by atoms with Crippen LogP contribution in [0, 0.1) is 22.7 Å². The first kappa shape index (κ1) is 14.4. The van der Waals surface area contributed by atoms with Crippen LogP contribution in [-0.4, -0.2) is 24.1 Å². The molecule has 1 aliphatic carbocycles. The Hall–Kier alpha value is -1.70. The summed E-state index contributed by atoms with van der Waals surface area (Å²) in [7, 11) is 0. The molecule has 1 saturated carbocycles. The lowest BCUT2D eigenvalue weighted by Crippen LogP contribution is -2.46. The SMILES string of the molecule is CCOC(=O)[C@@]1(C#N)CCCC(=O)[C@H]1CC(C)=O. The lowest BCUT2D eigenvalue weighted by Gasteiger charge is -2.35. The molecular weight excluding hydrogens is 234 g/mol. The van der Waals surface area contributed by atoms with E-state index in [9.17, 15) is 19.6 Å². The highest BCUT2D eigenvalue weighted by molar-refractivity contribution is 5.95. The van der Waals surface area contributed by atoms with Crippen molar-refractivity contribution in [3.63, 3.8) is 0 Å². The normalized spacial score (nSPS) is 27.4. The van der Waals surface area contributed by atoms with Crippen molar-refractivity contribution in [3.05, 3.63) is 0 Å². The van der Waals surface area contributed by atoms with Gasteiger partial charge in [-0.2, -0.15) is 5.26 Å². The zero-order valence-electron chi connectivity index (χ0n) is 10.7. The number of nitriles is 1. The monoisotopic (exact) mass is 251 g/mol. The van der Waals surface area contributed by atoms with Crippen molar-refractivity contribution in [1.29, 1.82) is 5.26 Å². The molecule has 0 radical (unpaired) electrons. The van der Waals surface area contributed by atoms with Gasteiger partial charge in [-0.25, -0.2) is 0 Å². The molecule has 5 heteroatoms. The number of hydrogen-bond donors (Lipinski definition) is 0. The summed E-state index contributed by atoms with van der Waals surface area (Å²) in [5, 5.41) is 9.33. The van der Waals surface area contributed by atoms with Crippen molar-refractivity contribution in [2.45, 2.75) is 39.5 Å². The molecule has 0 aromatic heterocycles. The summed E-state index contributed by atoms with van der Waals surface area (Å²) in [4.78, 5) is 35.1. The second kappa shape index (κ2) is 5.76. The maximum absolute atomic E-state index is 12.0. The van der Waals surface area contributed by atoms with Crippen molar-refractivity contribution in [2.24, 2.45) is 11.3 Å². The van der Waals surface area contributed by atoms with E-state index in [-0.39, 0.29) is 31.0 Å². The molecule has 1 fully saturated rings. The third-order valence-corrected chi connectivity index (χ3v) is 3.31. The Labute approximate surface area is 106 Å². The Morgan fingerprint density at radius 2 is 2.22 bits per heavy atom. The second-order valence-corrected chi connectivity index (χ2v) is 4.58. The van der Waals surface area contributed by atoms with Gasteiger partial charge in [-0.1, -0.05) is 0 Å². The van der Waals surface area contributed by atoms with Gasteiger partial charge >= 0.3 is 5.97 Å². The second-order valence-electron chi connectivity index (χ2n) is 4.58. The first-order valence-corrected chi connectivity index (χ1v) is 6.08. The Bertz CT molecular complexity index is 410. The first-order valence-electron chi connectivity index (χ1n) is 6.08. The van der Waals surface area contributed by atoms with Crippen molar-refractivity contribution in [1.82, 2.24) is 0 Å². The lowest BCUT2D eigenvalue weighted by atomic mass is 9.65. The number of esters is 1. The zero-order chi connectivity index (χ0) is 13.8. The van der Waals surface area contributed by atoms with Crippen LogP contribution < -0.4 is 0 Å². The third-order valence-electron chi connectivity index (χ3n) is 3.31. The van der Waals surface area contributed by atoms with E-state index >= 15 is 0 Å². The Morgan fingerprint density at radius 3 is 2.72 bits per heavy atom. The van der Waals surface area contributed by atoms with Crippen molar-refractivity contribution in [2.75, 3.05) is 6.61 Å². The van der Waals surface area contributed by atoms with Crippen LogP contribution in [0.1, 0.15) is 39.5 Å². The average molecular weight is 251 g/mol. The minimum absolute atomic E-state index is 0.0643. The van der Waals surface area contributed by atoms with E-state index < -0.39 is 17.3 Å². The summed E-state index contributed by atoms with van der Waals surface area (Å²) >= 11 is 0.